The average molecular weight is 288 g/mol. The van der Waals surface area contributed by atoms with E-state index in [9.17, 15) is 4.79 Å². The largest absolute Gasteiger partial charge is 0.382 e. The zero-order chi connectivity index (χ0) is 15.6. The van der Waals surface area contributed by atoms with Gasteiger partial charge in [0.1, 0.15) is 0 Å². The first kappa shape index (κ1) is 15.9. The average Bonchev–Trinajstić information content (AvgIpc) is 2.41. The standard InChI is InChI=1S/C18H28N2O/c1-13-12-18(2,3)11-10-16(13)19-15-8-6-14(7-9-15)17(21)20(4)5/h6-9,13,16,19H,10-12H2,1-5H3. The normalized spacial score (nSPS) is 24.4. The highest BCUT2D eigenvalue weighted by Gasteiger charge is 2.32. The summed E-state index contributed by atoms with van der Waals surface area (Å²) in [5, 5.41) is 3.64. The van der Waals surface area contributed by atoms with Crippen molar-refractivity contribution in [1.29, 1.82) is 0 Å². The van der Waals surface area contributed by atoms with Gasteiger partial charge in [-0.3, -0.25) is 4.79 Å². The maximum absolute atomic E-state index is 11.9. The Morgan fingerprint density at radius 3 is 2.38 bits per heavy atom. The van der Waals surface area contributed by atoms with Gasteiger partial charge in [-0.1, -0.05) is 20.8 Å². The van der Waals surface area contributed by atoms with Crippen LogP contribution in [0.25, 0.3) is 0 Å². The van der Waals surface area contributed by atoms with Crippen molar-refractivity contribution in [2.24, 2.45) is 11.3 Å². The molecule has 0 radical (unpaired) electrons. The molecule has 3 nitrogen and oxygen atoms in total. The van der Waals surface area contributed by atoms with E-state index in [4.69, 9.17) is 0 Å². The van der Waals surface area contributed by atoms with E-state index in [2.05, 4.69) is 26.1 Å². The van der Waals surface area contributed by atoms with Crippen molar-refractivity contribution in [2.45, 2.75) is 46.1 Å². The molecule has 1 aliphatic rings. The zero-order valence-corrected chi connectivity index (χ0v) is 13.9. The summed E-state index contributed by atoms with van der Waals surface area (Å²) in [6, 6.07) is 8.38. The molecule has 1 N–H and O–H groups in total. The molecule has 116 valence electrons. The van der Waals surface area contributed by atoms with Crippen molar-refractivity contribution in [3.63, 3.8) is 0 Å². The minimum atomic E-state index is 0.0503. The fourth-order valence-electron chi connectivity index (χ4n) is 3.34. The van der Waals surface area contributed by atoms with Gasteiger partial charge >= 0.3 is 0 Å². The van der Waals surface area contributed by atoms with Gasteiger partial charge in [-0.25, -0.2) is 0 Å². The second-order valence-corrected chi connectivity index (χ2v) is 7.41. The first-order valence-corrected chi connectivity index (χ1v) is 7.87. The molecule has 0 aliphatic heterocycles. The summed E-state index contributed by atoms with van der Waals surface area (Å²) in [6.07, 6.45) is 3.75. The number of rotatable bonds is 3. The number of anilines is 1. The van der Waals surface area contributed by atoms with Gasteiger partial charge in [0, 0.05) is 31.4 Å². The number of amides is 1. The predicted molar refractivity (Wildman–Crippen MR) is 88.7 cm³/mol. The Morgan fingerprint density at radius 2 is 1.86 bits per heavy atom. The molecule has 3 heteroatoms. The smallest absolute Gasteiger partial charge is 0.253 e. The summed E-state index contributed by atoms with van der Waals surface area (Å²) in [7, 11) is 3.56. The van der Waals surface area contributed by atoms with E-state index in [1.54, 1.807) is 19.0 Å². The van der Waals surface area contributed by atoms with Crippen LogP contribution in [0, 0.1) is 11.3 Å². The molecule has 1 aromatic rings. The molecule has 1 saturated carbocycles. The molecule has 2 unspecified atom stereocenters. The van der Waals surface area contributed by atoms with Crippen LogP contribution in [0.2, 0.25) is 0 Å². The molecular weight excluding hydrogens is 260 g/mol. The highest BCUT2D eigenvalue weighted by atomic mass is 16.2. The summed E-state index contributed by atoms with van der Waals surface area (Å²) >= 11 is 0. The molecule has 0 saturated heterocycles. The van der Waals surface area contributed by atoms with E-state index < -0.39 is 0 Å². The van der Waals surface area contributed by atoms with Crippen molar-refractivity contribution in [2.75, 3.05) is 19.4 Å². The number of hydrogen-bond donors (Lipinski definition) is 1. The Bertz CT molecular complexity index is 490. The van der Waals surface area contributed by atoms with Crippen LogP contribution in [-0.4, -0.2) is 30.9 Å². The lowest BCUT2D eigenvalue weighted by Crippen LogP contribution is -2.36. The van der Waals surface area contributed by atoms with Gasteiger partial charge in [-0.15, -0.1) is 0 Å². The van der Waals surface area contributed by atoms with Gasteiger partial charge in [-0.2, -0.15) is 0 Å². The van der Waals surface area contributed by atoms with E-state index in [-0.39, 0.29) is 5.91 Å². The lowest BCUT2D eigenvalue weighted by Gasteiger charge is -2.40. The van der Waals surface area contributed by atoms with Crippen molar-refractivity contribution < 1.29 is 4.79 Å². The highest BCUT2D eigenvalue weighted by molar-refractivity contribution is 5.94. The molecule has 0 spiro atoms. The Morgan fingerprint density at radius 1 is 1.24 bits per heavy atom. The van der Waals surface area contributed by atoms with Crippen LogP contribution in [0.5, 0.6) is 0 Å². The maximum Gasteiger partial charge on any atom is 0.253 e. The summed E-state index contributed by atoms with van der Waals surface area (Å²) in [5.41, 5.74) is 2.32. The quantitative estimate of drug-likeness (QED) is 0.911. The van der Waals surface area contributed by atoms with Gasteiger partial charge in [0.05, 0.1) is 0 Å². The second-order valence-electron chi connectivity index (χ2n) is 7.41. The Labute approximate surface area is 128 Å². The van der Waals surface area contributed by atoms with Crippen molar-refractivity contribution >= 4 is 11.6 Å². The molecular formula is C18H28N2O. The van der Waals surface area contributed by atoms with Crippen molar-refractivity contribution in [3.8, 4) is 0 Å². The second kappa shape index (κ2) is 6.08. The monoisotopic (exact) mass is 288 g/mol. The zero-order valence-electron chi connectivity index (χ0n) is 13.9. The number of carbonyl (C=O) groups excluding carboxylic acids is 1. The lowest BCUT2D eigenvalue weighted by molar-refractivity contribution is 0.0827. The molecule has 1 aromatic carbocycles. The molecule has 1 amide bonds. The Kier molecular flexibility index (Phi) is 4.60. The fraction of sp³-hybridized carbons (Fsp3) is 0.611. The SMILES string of the molecule is CC1CC(C)(C)CCC1Nc1ccc(C(=O)N(C)C)cc1. The number of nitrogens with zero attached hydrogens (tertiary/aromatic N) is 1. The predicted octanol–water partition coefficient (Wildman–Crippen LogP) is 4.02. The highest BCUT2D eigenvalue weighted by Crippen LogP contribution is 2.39. The molecule has 0 heterocycles. The summed E-state index contributed by atoms with van der Waals surface area (Å²) in [4.78, 5) is 13.5. The van der Waals surface area contributed by atoms with E-state index in [1.165, 1.54) is 19.3 Å². The number of hydrogen-bond acceptors (Lipinski definition) is 2. The summed E-state index contributed by atoms with van der Waals surface area (Å²) in [6.45, 7) is 7.06. The van der Waals surface area contributed by atoms with E-state index in [0.29, 0.717) is 17.4 Å². The first-order valence-electron chi connectivity index (χ1n) is 7.87. The van der Waals surface area contributed by atoms with Crippen LogP contribution in [0.1, 0.15) is 50.4 Å². The third-order valence-electron chi connectivity index (χ3n) is 4.58. The number of nitrogens with one attached hydrogen (secondary N) is 1. The Balaban J connectivity index is 1.99. The maximum atomic E-state index is 11.9. The fourth-order valence-corrected chi connectivity index (χ4v) is 3.34. The lowest BCUT2D eigenvalue weighted by atomic mass is 9.70. The third-order valence-corrected chi connectivity index (χ3v) is 4.58. The van der Waals surface area contributed by atoms with Crippen LogP contribution in [-0.2, 0) is 0 Å². The van der Waals surface area contributed by atoms with Gasteiger partial charge in [0.15, 0.2) is 0 Å². The minimum absolute atomic E-state index is 0.0503. The molecule has 0 aromatic heterocycles. The van der Waals surface area contributed by atoms with E-state index >= 15 is 0 Å². The number of carbonyl (C=O) groups is 1. The molecule has 1 aliphatic carbocycles. The number of benzene rings is 1. The summed E-state index contributed by atoms with van der Waals surface area (Å²) < 4.78 is 0. The van der Waals surface area contributed by atoms with Gasteiger partial charge in [0.2, 0.25) is 0 Å². The topological polar surface area (TPSA) is 32.3 Å². The molecule has 21 heavy (non-hydrogen) atoms. The van der Waals surface area contributed by atoms with Crippen molar-refractivity contribution in [3.05, 3.63) is 29.8 Å². The van der Waals surface area contributed by atoms with Gasteiger partial charge < -0.3 is 10.2 Å². The van der Waals surface area contributed by atoms with Gasteiger partial charge in [-0.05, 0) is 54.9 Å². The van der Waals surface area contributed by atoms with Crippen LogP contribution in [0.4, 0.5) is 5.69 Å². The molecule has 0 bridgehead atoms. The van der Waals surface area contributed by atoms with Crippen molar-refractivity contribution in [1.82, 2.24) is 4.90 Å². The molecule has 1 fully saturated rings. The van der Waals surface area contributed by atoms with E-state index in [1.807, 2.05) is 24.3 Å². The molecule has 2 rings (SSSR count). The molecule has 2 atom stereocenters. The summed E-state index contributed by atoms with van der Waals surface area (Å²) in [5.74, 6) is 0.728. The van der Waals surface area contributed by atoms with Gasteiger partial charge in [0.25, 0.3) is 5.91 Å². The minimum Gasteiger partial charge on any atom is -0.382 e. The third kappa shape index (κ3) is 3.99. The van der Waals surface area contributed by atoms with E-state index in [0.717, 1.165) is 11.3 Å². The van der Waals surface area contributed by atoms with Crippen LogP contribution < -0.4 is 5.32 Å². The van der Waals surface area contributed by atoms with Crippen LogP contribution in [0.3, 0.4) is 0 Å². The first-order chi connectivity index (χ1) is 9.78. The van der Waals surface area contributed by atoms with Crippen LogP contribution in [0.15, 0.2) is 24.3 Å². The Hall–Kier alpha value is -1.51. The van der Waals surface area contributed by atoms with Crippen LogP contribution >= 0.6 is 0 Å².